The molecule has 0 aliphatic carbocycles. The van der Waals surface area contributed by atoms with Gasteiger partial charge in [-0.2, -0.15) is 4.90 Å². The quantitative estimate of drug-likeness (QED) is 0.817. The van der Waals surface area contributed by atoms with E-state index in [4.69, 9.17) is 0 Å². The molecule has 0 aliphatic heterocycles. The first-order valence-electron chi connectivity index (χ1n) is 7.74. The molecule has 22 heavy (non-hydrogen) atoms. The second kappa shape index (κ2) is 9.33. The van der Waals surface area contributed by atoms with Gasteiger partial charge in [-0.3, -0.25) is 19.7 Å². The standard InChI is InChI=1S/C16H28N2O4/c1-10(2)7-13(19)17-16(22)18(14(20)8-11(3)4)15(21)9-12(5)6/h10-12H,7-9H2,1-6H3,(H,17,19,22). The number of rotatable bonds is 6. The van der Waals surface area contributed by atoms with Gasteiger partial charge in [0.05, 0.1) is 0 Å². The average Bonchev–Trinajstić information content (AvgIpc) is 2.24. The number of nitrogens with zero attached hydrogens (tertiary/aromatic N) is 1. The monoisotopic (exact) mass is 312 g/mol. The van der Waals surface area contributed by atoms with Crippen molar-refractivity contribution < 1.29 is 19.2 Å². The molecule has 0 rings (SSSR count). The van der Waals surface area contributed by atoms with Crippen LogP contribution in [0.25, 0.3) is 0 Å². The van der Waals surface area contributed by atoms with Crippen LogP contribution in [-0.4, -0.2) is 28.7 Å². The van der Waals surface area contributed by atoms with E-state index in [1.165, 1.54) is 0 Å². The number of hydrogen-bond acceptors (Lipinski definition) is 4. The molecule has 0 aromatic heterocycles. The second-order valence-corrected chi connectivity index (χ2v) is 6.77. The van der Waals surface area contributed by atoms with Crippen LogP contribution >= 0.6 is 0 Å². The molecule has 0 saturated heterocycles. The van der Waals surface area contributed by atoms with Gasteiger partial charge in [0.15, 0.2) is 0 Å². The van der Waals surface area contributed by atoms with E-state index >= 15 is 0 Å². The zero-order valence-electron chi connectivity index (χ0n) is 14.4. The molecule has 6 nitrogen and oxygen atoms in total. The van der Waals surface area contributed by atoms with Crippen molar-refractivity contribution in [3.63, 3.8) is 0 Å². The van der Waals surface area contributed by atoms with Crippen LogP contribution in [0, 0.1) is 17.8 Å². The Morgan fingerprint density at radius 1 is 0.727 bits per heavy atom. The molecule has 0 spiro atoms. The van der Waals surface area contributed by atoms with Crippen molar-refractivity contribution in [3.8, 4) is 0 Å². The van der Waals surface area contributed by atoms with Crippen molar-refractivity contribution in [1.29, 1.82) is 0 Å². The van der Waals surface area contributed by atoms with Crippen LogP contribution in [0.3, 0.4) is 0 Å². The van der Waals surface area contributed by atoms with E-state index in [-0.39, 0.29) is 37.0 Å². The molecule has 0 radical (unpaired) electrons. The van der Waals surface area contributed by atoms with Crippen LogP contribution in [0.4, 0.5) is 4.79 Å². The van der Waals surface area contributed by atoms with Gasteiger partial charge >= 0.3 is 6.03 Å². The summed E-state index contributed by atoms with van der Waals surface area (Å²) >= 11 is 0. The molecule has 0 heterocycles. The molecule has 1 N–H and O–H groups in total. The Kier molecular flexibility index (Phi) is 8.60. The maximum absolute atomic E-state index is 12.2. The van der Waals surface area contributed by atoms with Crippen LogP contribution in [0.5, 0.6) is 0 Å². The third-order valence-corrected chi connectivity index (χ3v) is 2.71. The fourth-order valence-corrected chi connectivity index (χ4v) is 1.84. The highest BCUT2D eigenvalue weighted by molar-refractivity contribution is 6.13. The lowest BCUT2D eigenvalue weighted by molar-refractivity contribution is -0.141. The predicted octanol–water partition coefficient (Wildman–Crippen LogP) is 2.72. The van der Waals surface area contributed by atoms with Gasteiger partial charge in [-0.15, -0.1) is 0 Å². The van der Waals surface area contributed by atoms with Crippen molar-refractivity contribution in [1.82, 2.24) is 10.2 Å². The number of hydrogen-bond donors (Lipinski definition) is 1. The topological polar surface area (TPSA) is 83.6 Å². The first kappa shape index (κ1) is 20.3. The molecule has 0 aromatic carbocycles. The third kappa shape index (κ3) is 7.90. The fourth-order valence-electron chi connectivity index (χ4n) is 1.84. The van der Waals surface area contributed by atoms with Crippen LogP contribution in [0.15, 0.2) is 0 Å². The summed E-state index contributed by atoms with van der Waals surface area (Å²) in [5, 5.41) is 2.13. The Balaban J connectivity index is 5.05. The molecule has 0 unspecified atom stereocenters. The average molecular weight is 312 g/mol. The summed E-state index contributed by atoms with van der Waals surface area (Å²) in [5.74, 6) is -1.52. The third-order valence-electron chi connectivity index (χ3n) is 2.71. The van der Waals surface area contributed by atoms with Crippen LogP contribution in [0.1, 0.15) is 60.8 Å². The summed E-state index contributed by atoms with van der Waals surface area (Å²) < 4.78 is 0. The molecule has 5 amide bonds. The Labute approximate surface area is 132 Å². The molecule has 0 aromatic rings. The Hall–Kier alpha value is -1.72. The highest BCUT2D eigenvalue weighted by Gasteiger charge is 2.30. The van der Waals surface area contributed by atoms with E-state index in [2.05, 4.69) is 5.32 Å². The maximum Gasteiger partial charge on any atom is 0.337 e. The summed E-state index contributed by atoms with van der Waals surface area (Å²) in [4.78, 5) is 48.7. The second-order valence-electron chi connectivity index (χ2n) is 6.77. The van der Waals surface area contributed by atoms with Crippen molar-refractivity contribution in [2.75, 3.05) is 0 Å². The van der Waals surface area contributed by atoms with Gasteiger partial charge in [-0.1, -0.05) is 41.5 Å². The minimum absolute atomic E-state index is 0.0148. The lowest BCUT2D eigenvalue weighted by Gasteiger charge is -2.21. The molecule has 0 bridgehead atoms. The summed E-state index contributed by atoms with van der Waals surface area (Å²) in [5.41, 5.74) is 0. The smallest absolute Gasteiger partial charge is 0.277 e. The predicted molar refractivity (Wildman–Crippen MR) is 83.8 cm³/mol. The largest absolute Gasteiger partial charge is 0.337 e. The van der Waals surface area contributed by atoms with Gasteiger partial charge in [0, 0.05) is 19.3 Å². The maximum atomic E-state index is 12.2. The van der Waals surface area contributed by atoms with Gasteiger partial charge < -0.3 is 0 Å². The molecule has 0 fully saturated rings. The molecule has 6 heteroatoms. The summed E-state index contributed by atoms with van der Waals surface area (Å²) in [7, 11) is 0. The molecule has 0 saturated carbocycles. The molecule has 0 aliphatic rings. The highest BCUT2D eigenvalue weighted by Crippen LogP contribution is 2.10. The van der Waals surface area contributed by atoms with Crippen LogP contribution < -0.4 is 5.32 Å². The van der Waals surface area contributed by atoms with E-state index in [9.17, 15) is 19.2 Å². The number of carbonyl (C=O) groups is 4. The van der Waals surface area contributed by atoms with Gasteiger partial charge in [0.2, 0.25) is 17.7 Å². The van der Waals surface area contributed by atoms with Gasteiger partial charge in [-0.05, 0) is 17.8 Å². The molecule has 0 atom stereocenters. The summed E-state index contributed by atoms with van der Waals surface area (Å²) in [6.07, 6.45) is 0.321. The fraction of sp³-hybridized carbons (Fsp3) is 0.750. The number of amides is 5. The van der Waals surface area contributed by atoms with E-state index in [1.54, 1.807) is 0 Å². The van der Waals surface area contributed by atoms with Crippen molar-refractivity contribution in [3.05, 3.63) is 0 Å². The van der Waals surface area contributed by atoms with E-state index in [1.807, 2.05) is 41.5 Å². The molecule has 126 valence electrons. The van der Waals surface area contributed by atoms with Crippen molar-refractivity contribution in [2.24, 2.45) is 17.8 Å². The highest BCUT2D eigenvalue weighted by atomic mass is 16.2. The lowest BCUT2D eigenvalue weighted by atomic mass is 10.1. The van der Waals surface area contributed by atoms with Crippen molar-refractivity contribution >= 4 is 23.8 Å². The SMILES string of the molecule is CC(C)CC(=O)NC(=O)N(C(=O)CC(C)C)C(=O)CC(C)C. The Bertz CT molecular complexity index is 406. The van der Waals surface area contributed by atoms with Crippen LogP contribution in [0.2, 0.25) is 0 Å². The van der Waals surface area contributed by atoms with E-state index < -0.39 is 23.8 Å². The minimum Gasteiger partial charge on any atom is -0.277 e. The van der Waals surface area contributed by atoms with E-state index in [0.717, 1.165) is 0 Å². The molecular formula is C16H28N2O4. The number of nitrogens with one attached hydrogen (secondary N) is 1. The van der Waals surface area contributed by atoms with Gasteiger partial charge in [0.25, 0.3) is 0 Å². The zero-order chi connectivity index (χ0) is 17.4. The zero-order valence-corrected chi connectivity index (χ0v) is 14.4. The van der Waals surface area contributed by atoms with Gasteiger partial charge in [-0.25, -0.2) is 4.79 Å². The number of imide groups is 4. The first-order chi connectivity index (χ1) is 10.0. The first-order valence-corrected chi connectivity index (χ1v) is 7.74. The van der Waals surface area contributed by atoms with Crippen LogP contribution in [-0.2, 0) is 14.4 Å². The van der Waals surface area contributed by atoms with E-state index in [0.29, 0.717) is 4.90 Å². The number of urea groups is 1. The Morgan fingerprint density at radius 3 is 1.41 bits per heavy atom. The number of carbonyl (C=O) groups excluding carboxylic acids is 4. The van der Waals surface area contributed by atoms with Gasteiger partial charge in [0.1, 0.15) is 0 Å². The Morgan fingerprint density at radius 2 is 1.09 bits per heavy atom. The lowest BCUT2D eigenvalue weighted by Crippen LogP contribution is -2.49. The summed E-state index contributed by atoms with van der Waals surface area (Å²) in [6.45, 7) is 11.0. The minimum atomic E-state index is -0.943. The van der Waals surface area contributed by atoms with Crippen molar-refractivity contribution in [2.45, 2.75) is 60.8 Å². The normalized spacial score (nSPS) is 11.0. The summed E-state index contributed by atoms with van der Waals surface area (Å²) in [6, 6.07) is -0.943. The molecular weight excluding hydrogens is 284 g/mol.